The molecule has 0 fully saturated rings. The second kappa shape index (κ2) is 8.42. The highest BCUT2D eigenvalue weighted by Crippen LogP contribution is 2.11. The average molecular weight is 342 g/mol. The zero-order chi connectivity index (χ0) is 18.4. The van der Waals surface area contributed by atoms with E-state index in [0.29, 0.717) is 12.1 Å². The second-order valence-corrected chi connectivity index (χ2v) is 6.38. The van der Waals surface area contributed by atoms with E-state index in [0.717, 1.165) is 5.56 Å². The first-order chi connectivity index (χ1) is 11.9. The summed E-state index contributed by atoms with van der Waals surface area (Å²) in [6.45, 7) is 4.13. The molecule has 0 radical (unpaired) electrons. The van der Waals surface area contributed by atoms with Crippen molar-refractivity contribution in [2.75, 3.05) is 7.05 Å². The molecular weight excluding hydrogens is 319 g/mol. The van der Waals surface area contributed by atoms with E-state index < -0.39 is 6.04 Å². The third-order valence-electron chi connectivity index (χ3n) is 3.96. The van der Waals surface area contributed by atoms with Crippen molar-refractivity contribution in [3.8, 4) is 0 Å². The molecule has 132 valence electrons. The van der Waals surface area contributed by atoms with E-state index >= 15 is 0 Å². The van der Waals surface area contributed by atoms with Crippen molar-refractivity contribution in [1.29, 1.82) is 0 Å². The standard InChI is InChI=1S/C20H23FN2O2/c1-14(2)18(22-19(24)16-7-5-4-6-8-16)20(25)23(3)13-15-9-11-17(21)12-10-15/h4-12,14,18H,13H2,1-3H3,(H,22,24). The van der Waals surface area contributed by atoms with Crippen molar-refractivity contribution in [1.82, 2.24) is 10.2 Å². The summed E-state index contributed by atoms with van der Waals surface area (Å²) >= 11 is 0. The number of hydrogen-bond donors (Lipinski definition) is 1. The van der Waals surface area contributed by atoms with E-state index in [1.807, 2.05) is 19.9 Å². The van der Waals surface area contributed by atoms with Gasteiger partial charge in [0.1, 0.15) is 11.9 Å². The number of halogens is 1. The maximum Gasteiger partial charge on any atom is 0.251 e. The predicted octanol–water partition coefficient (Wildman–Crippen LogP) is 3.24. The zero-order valence-electron chi connectivity index (χ0n) is 14.7. The number of hydrogen-bond acceptors (Lipinski definition) is 2. The van der Waals surface area contributed by atoms with Crippen molar-refractivity contribution in [3.05, 3.63) is 71.5 Å². The van der Waals surface area contributed by atoms with Crippen LogP contribution in [0.5, 0.6) is 0 Å². The minimum Gasteiger partial charge on any atom is -0.340 e. The van der Waals surface area contributed by atoms with Crippen LogP contribution in [-0.4, -0.2) is 29.8 Å². The SMILES string of the molecule is CC(C)C(NC(=O)c1ccccc1)C(=O)N(C)Cc1ccc(F)cc1. The second-order valence-electron chi connectivity index (χ2n) is 6.38. The summed E-state index contributed by atoms with van der Waals surface area (Å²) in [5.74, 6) is -0.824. The van der Waals surface area contributed by atoms with Gasteiger partial charge in [-0.15, -0.1) is 0 Å². The first kappa shape index (κ1) is 18.6. The molecule has 0 bridgehead atoms. The molecule has 0 aliphatic rings. The van der Waals surface area contributed by atoms with Crippen molar-refractivity contribution in [3.63, 3.8) is 0 Å². The van der Waals surface area contributed by atoms with E-state index in [9.17, 15) is 14.0 Å². The van der Waals surface area contributed by atoms with E-state index in [1.54, 1.807) is 48.3 Å². The molecule has 2 aromatic carbocycles. The molecule has 1 unspecified atom stereocenters. The molecule has 0 saturated carbocycles. The average Bonchev–Trinajstić information content (AvgIpc) is 2.61. The van der Waals surface area contributed by atoms with E-state index in [2.05, 4.69) is 5.32 Å². The Hall–Kier alpha value is -2.69. The number of amides is 2. The van der Waals surface area contributed by atoms with Gasteiger partial charge in [-0.1, -0.05) is 44.2 Å². The summed E-state index contributed by atoms with van der Waals surface area (Å²) < 4.78 is 13.0. The van der Waals surface area contributed by atoms with Gasteiger partial charge in [0, 0.05) is 19.2 Å². The van der Waals surface area contributed by atoms with Crippen LogP contribution in [0.3, 0.4) is 0 Å². The Morgan fingerprint density at radius 1 is 1.04 bits per heavy atom. The highest BCUT2D eigenvalue weighted by Gasteiger charge is 2.27. The molecule has 2 amide bonds. The van der Waals surface area contributed by atoms with Crippen LogP contribution in [0.2, 0.25) is 0 Å². The lowest BCUT2D eigenvalue weighted by atomic mass is 10.0. The fourth-order valence-electron chi connectivity index (χ4n) is 2.51. The summed E-state index contributed by atoms with van der Waals surface area (Å²) in [6.07, 6.45) is 0. The number of rotatable bonds is 6. The van der Waals surface area contributed by atoms with Gasteiger partial charge >= 0.3 is 0 Å². The molecule has 25 heavy (non-hydrogen) atoms. The summed E-state index contributed by atoms with van der Waals surface area (Å²) in [7, 11) is 1.68. The fourth-order valence-corrected chi connectivity index (χ4v) is 2.51. The highest BCUT2D eigenvalue weighted by molar-refractivity contribution is 5.97. The van der Waals surface area contributed by atoms with Crippen molar-refractivity contribution in [2.24, 2.45) is 5.92 Å². The van der Waals surface area contributed by atoms with Crippen LogP contribution < -0.4 is 5.32 Å². The monoisotopic (exact) mass is 342 g/mol. The Kier molecular flexibility index (Phi) is 6.28. The first-order valence-electron chi connectivity index (χ1n) is 8.24. The minimum atomic E-state index is -0.627. The molecular formula is C20H23FN2O2. The lowest BCUT2D eigenvalue weighted by Crippen LogP contribution is -2.50. The summed E-state index contributed by atoms with van der Waals surface area (Å²) in [5, 5.41) is 2.82. The Bertz CT molecular complexity index is 714. The van der Waals surface area contributed by atoms with Gasteiger partial charge in [-0.25, -0.2) is 4.39 Å². The maximum absolute atomic E-state index is 13.0. The number of nitrogens with zero attached hydrogens (tertiary/aromatic N) is 1. The lowest BCUT2D eigenvalue weighted by molar-refractivity contribution is -0.133. The van der Waals surface area contributed by atoms with Crippen LogP contribution >= 0.6 is 0 Å². The van der Waals surface area contributed by atoms with E-state index in [1.165, 1.54) is 12.1 Å². The van der Waals surface area contributed by atoms with Gasteiger partial charge in [0.15, 0.2) is 0 Å². The number of nitrogens with one attached hydrogen (secondary N) is 1. The molecule has 0 aromatic heterocycles. The van der Waals surface area contributed by atoms with Crippen molar-refractivity contribution < 1.29 is 14.0 Å². The van der Waals surface area contributed by atoms with Gasteiger partial charge in [-0.3, -0.25) is 9.59 Å². The third-order valence-corrected chi connectivity index (χ3v) is 3.96. The normalized spacial score (nSPS) is 11.9. The molecule has 0 spiro atoms. The lowest BCUT2D eigenvalue weighted by Gasteiger charge is -2.27. The van der Waals surface area contributed by atoms with Crippen LogP contribution in [0.25, 0.3) is 0 Å². The molecule has 2 rings (SSSR count). The number of carbonyl (C=O) groups excluding carboxylic acids is 2. The molecule has 5 heteroatoms. The van der Waals surface area contributed by atoms with Crippen LogP contribution in [0.1, 0.15) is 29.8 Å². The smallest absolute Gasteiger partial charge is 0.251 e. The van der Waals surface area contributed by atoms with E-state index in [4.69, 9.17) is 0 Å². The Morgan fingerprint density at radius 2 is 1.64 bits per heavy atom. The van der Waals surface area contributed by atoms with Crippen molar-refractivity contribution in [2.45, 2.75) is 26.4 Å². The molecule has 1 atom stereocenters. The summed E-state index contributed by atoms with van der Waals surface area (Å²) in [5.41, 5.74) is 1.34. The Morgan fingerprint density at radius 3 is 2.20 bits per heavy atom. The van der Waals surface area contributed by atoms with Gasteiger partial charge in [-0.2, -0.15) is 0 Å². The molecule has 0 aliphatic carbocycles. The van der Waals surface area contributed by atoms with Crippen LogP contribution in [0.15, 0.2) is 54.6 Å². The fraction of sp³-hybridized carbons (Fsp3) is 0.300. The van der Waals surface area contributed by atoms with Gasteiger partial charge in [0.2, 0.25) is 5.91 Å². The van der Waals surface area contributed by atoms with Gasteiger partial charge in [0.05, 0.1) is 0 Å². The van der Waals surface area contributed by atoms with Crippen LogP contribution in [0.4, 0.5) is 4.39 Å². The van der Waals surface area contributed by atoms with Gasteiger partial charge in [0.25, 0.3) is 5.91 Å². The number of likely N-dealkylation sites (N-methyl/N-ethyl adjacent to an activating group) is 1. The topological polar surface area (TPSA) is 49.4 Å². The number of carbonyl (C=O) groups is 2. The molecule has 4 nitrogen and oxygen atoms in total. The molecule has 2 aromatic rings. The maximum atomic E-state index is 13.0. The molecule has 0 saturated heterocycles. The third kappa shape index (κ3) is 5.14. The molecule has 1 N–H and O–H groups in total. The largest absolute Gasteiger partial charge is 0.340 e. The Balaban J connectivity index is 2.06. The first-order valence-corrected chi connectivity index (χ1v) is 8.24. The van der Waals surface area contributed by atoms with Gasteiger partial charge < -0.3 is 10.2 Å². The summed E-state index contributed by atoms with van der Waals surface area (Å²) in [4.78, 5) is 26.7. The van der Waals surface area contributed by atoms with Gasteiger partial charge in [-0.05, 0) is 35.7 Å². The minimum absolute atomic E-state index is 0.0594. The zero-order valence-corrected chi connectivity index (χ0v) is 14.7. The van der Waals surface area contributed by atoms with Crippen LogP contribution in [-0.2, 0) is 11.3 Å². The Labute approximate surface area is 147 Å². The highest BCUT2D eigenvalue weighted by atomic mass is 19.1. The molecule has 0 heterocycles. The van der Waals surface area contributed by atoms with Crippen molar-refractivity contribution >= 4 is 11.8 Å². The van der Waals surface area contributed by atoms with Crippen LogP contribution in [0, 0.1) is 11.7 Å². The quantitative estimate of drug-likeness (QED) is 0.876. The predicted molar refractivity (Wildman–Crippen MR) is 95.4 cm³/mol. The van der Waals surface area contributed by atoms with E-state index in [-0.39, 0.29) is 23.5 Å². The number of benzene rings is 2. The molecule has 0 aliphatic heterocycles. The summed E-state index contributed by atoms with van der Waals surface area (Å²) in [6, 6.07) is 14.2.